The molecule has 0 radical (unpaired) electrons. The third-order valence-electron chi connectivity index (χ3n) is 4.59. The molecular formula is C22H28N2O2. The summed E-state index contributed by atoms with van der Waals surface area (Å²) in [4.78, 5) is 4.71. The molecule has 0 amide bonds. The summed E-state index contributed by atoms with van der Waals surface area (Å²) in [5.74, 6) is 2.31. The Morgan fingerprint density at radius 2 is 1.81 bits per heavy atom. The molecule has 0 spiro atoms. The van der Waals surface area contributed by atoms with Gasteiger partial charge in [-0.2, -0.15) is 0 Å². The highest BCUT2D eigenvalue weighted by molar-refractivity contribution is 5.75. The molecule has 0 saturated heterocycles. The summed E-state index contributed by atoms with van der Waals surface area (Å²) in [5.41, 5.74) is 3.33. The predicted octanol–water partition coefficient (Wildman–Crippen LogP) is 4.55. The van der Waals surface area contributed by atoms with E-state index in [0.29, 0.717) is 12.5 Å². The summed E-state index contributed by atoms with van der Waals surface area (Å²) in [5, 5.41) is 10.5. The van der Waals surface area contributed by atoms with E-state index in [1.165, 1.54) is 5.56 Å². The van der Waals surface area contributed by atoms with Gasteiger partial charge in [-0.25, -0.2) is 4.98 Å². The third-order valence-corrected chi connectivity index (χ3v) is 4.59. The van der Waals surface area contributed by atoms with Gasteiger partial charge in [-0.3, -0.25) is 0 Å². The number of imidazole rings is 1. The minimum atomic E-state index is -0.590. The summed E-state index contributed by atoms with van der Waals surface area (Å²) in [6.07, 6.45) is 1.34. The fourth-order valence-electron chi connectivity index (χ4n) is 3.15. The SMILES string of the molecule is CCCc1nc2ccccc2n1C[C@H](O)COc1ccc(C(C)C)cc1. The van der Waals surface area contributed by atoms with Crippen molar-refractivity contribution in [1.82, 2.24) is 9.55 Å². The smallest absolute Gasteiger partial charge is 0.119 e. The van der Waals surface area contributed by atoms with E-state index in [0.717, 1.165) is 35.4 Å². The highest BCUT2D eigenvalue weighted by atomic mass is 16.5. The topological polar surface area (TPSA) is 47.3 Å². The number of para-hydroxylation sites is 2. The van der Waals surface area contributed by atoms with Crippen molar-refractivity contribution in [3.63, 3.8) is 0 Å². The van der Waals surface area contributed by atoms with Crippen molar-refractivity contribution in [3.8, 4) is 5.75 Å². The quantitative estimate of drug-likeness (QED) is 0.647. The zero-order valence-corrected chi connectivity index (χ0v) is 15.9. The molecule has 0 unspecified atom stereocenters. The molecule has 0 saturated carbocycles. The average Bonchev–Trinajstić information content (AvgIpc) is 2.98. The van der Waals surface area contributed by atoms with Crippen molar-refractivity contribution in [2.24, 2.45) is 0 Å². The van der Waals surface area contributed by atoms with E-state index >= 15 is 0 Å². The molecule has 1 aromatic heterocycles. The van der Waals surface area contributed by atoms with Crippen molar-refractivity contribution >= 4 is 11.0 Å². The standard InChI is InChI=1S/C22H28N2O2/c1-4-7-22-23-20-8-5-6-9-21(20)24(22)14-18(25)15-26-19-12-10-17(11-13-19)16(2)3/h5-6,8-13,16,18,25H,4,7,14-15H2,1-3H3/t18-/m0/s1. The van der Waals surface area contributed by atoms with Crippen molar-refractivity contribution in [2.45, 2.75) is 52.2 Å². The van der Waals surface area contributed by atoms with E-state index in [1.807, 2.05) is 30.3 Å². The van der Waals surface area contributed by atoms with Crippen LogP contribution >= 0.6 is 0 Å². The van der Waals surface area contributed by atoms with Crippen LogP contribution in [0.25, 0.3) is 11.0 Å². The number of aliphatic hydroxyl groups excluding tert-OH is 1. The van der Waals surface area contributed by atoms with Crippen LogP contribution in [0.3, 0.4) is 0 Å². The van der Waals surface area contributed by atoms with Crippen LogP contribution in [0.1, 0.15) is 44.5 Å². The van der Waals surface area contributed by atoms with Crippen LogP contribution in [0.2, 0.25) is 0 Å². The van der Waals surface area contributed by atoms with Crippen molar-refractivity contribution in [3.05, 3.63) is 59.9 Å². The Bertz CT molecular complexity index is 837. The Labute approximate surface area is 155 Å². The molecule has 1 heterocycles. The zero-order valence-electron chi connectivity index (χ0n) is 15.9. The Morgan fingerprint density at radius 1 is 1.08 bits per heavy atom. The fourth-order valence-corrected chi connectivity index (χ4v) is 3.15. The van der Waals surface area contributed by atoms with E-state index < -0.39 is 6.10 Å². The number of aryl methyl sites for hydroxylation is 1. The number of nitrogens with zero attached hydrogens (tertiary/aromatic N) is 2. The molecule has 26 heavy (non-hydrogen) atoms. The Kier molecular flexibility index (Phi) is 5.94. The van der Waals surface area contributed by atoms with Gasteiger partial charge in [-0.05, 0) is 42.2 Å². The second-order valence-corrected chi connectivity index (χ2v) is 7.07. The molecule has 2 aromatic carbocycles. The van der Waals surface area contributed by atoms with E-state index in [-0.39, 0.29) is 6.61 Å². The van der Waals surface area contributed by atoms with Gasteiger partial charge >= 0.3 is 0 Å². The van der Waals surface area contributed by atoms with Crippen LogP contribution in [0.5, 0.6) is 5.75 Å². The van der Waals surface area contributed by atoms with E-state index in [9.17, 15) is 5.11 Å². The first-order valence-electron chi connectivity index (χ1n) is 9.43. The minimum Gasteiger partial charge on any atom is -0.491 e. The summed E-state index contributed by atoms with van der Waals surface area (Å²) >= 11 is 0. The van der Waals surface area contributed by atoms with Crippen LogP contribution in [-0.4, -0.2) is 27.4 Å². The number of aliphatic hydroxyl groups is 1. The van der Waals surface area contributed by atoms with Gasteiger partial charge in [0.05, 0.1) is 17.6 Å². The maximum atomic E-state index is 10.5. The van der Waals surface area contributed by atoms with E-state index in [2.05, 4.69) is 43.5 Å². The minimum absolute atomic E-state index is 0.263. The molecular weight excluding hydrogens is 324 g/mol. The highest BCUT2D eigenvalue weighted by Gasteiger charge is 2.14. The fraction of sp³-hybridized carbons (Fsp3) is 0.409. The zero-order chi connectivity index (χ0) is 18.5. The molecule has 0 fully saturated rings. The second kappa shape index (κ2) is 8.37. The number of hydrogen-bond acceptors (Lipinski definition) is 3. The monoisotopic (exact) mass is 352 g/mol. The van der Waals surface area contributed by atoms with Gasteiger partial charge in [0.25, 0.3) is 0 Å². The van der Waals surface area contributed by atoms with Crippen LogP contribution in [-0.2, 0) is 13.0 Å². The van der Waals surface area contributed by atoms with Crippen LogP contribution in [0.15, 0.2) is 48.5 Å². The lowest BCUT2D eigenvalue weighted by Gasteiger charge is -2.16. The molecule has 1 atom stereocenters. The van der Waals surface area contributed by atoms with Crippen molar-refractivity contribution < 1.29 is 9.84 Å². The lowest BCUT2D eigenvalue weighted by atomic mass is 10.0. The van der Waals surface area contributed by atoms with Gasteiger partial charge in [0.1, 0.15) is 24.3 Å². The molecule has 4 heteroatoms. The molecule has 4 nitrogen and oxygen atoms in total. The van der Waals surface area contributed by atoms with Crippen molar-refractivity contribution in [1.29, 1.82) is 0 Å². The van der Waals surface area contributed by atoms with Crippen LogP contribution < -0.4 is 4.74 Å². The van der Waals surface area contributed by atoms with Gasteiger partial charge < -0.3 is 14.4 Å². The molecule has 0 bridgehead atoms. The molecule has 0 aliphatic carbocycles. The number of benzene rings is 2. The van der Waals surface area contributed by atoms with Crippen molar-refractivity contribution in [2.75, 3.05) is 6.61 Å². The highest BCUT2D eigenvalue weighted by Crippen LogP contribution is 2.20. The van der Waals surface area contributed by atoms with E-state index in [4.69, 9.17) is 9.72 Å². The summed E-state index contributed by atoms with van der Waals surface area (Å²) in [6, 6.07) is 16.2. The molecule has 1 N–H and O–H groups in total. The number of aromatic nitrogens is 2. The van der Waals surface area contributed by atoms with Gasteiger partial charge in [0.15, 0.2) is 0 Å². The third kappa shape index (κ3) is 4.25. The molecule has 3 rings (SSSR count). The van der Waals surface area contributed by atoms with Gasteiger partial charge in [0.2, 0.25) is 0 Å². The lowest BCUT2D eigenvalue weighted by Crippen LogP contribution is -2.24. The number of rotatable bonds is 8. The van der Waals surface area contributed by atoms with Gasteiger partial charge in [0, 0.05) is 6.42 Å². The number of fused-ring (bicyclic) bond motifs is 1. The first kappa shape index (κ1) is 18.5. The maximum Gasteiger partial charge on any atom is 0.119 e. The first-order chi connectivity index (χ1) is 12.6. The average molecular weight is 352 g/mol. The molecule has 0 aliphatic rings. The Balaban J connectivity index is 1.67. The molecule has 0 aliphatic heterocycles. The first-order valence-corrected chi connectivity index (χ1v) is 9.43. The Morgan fingerprint density at radius 3 is 2.50 bits per heavy atom. The van der Waals surface area contributed by atoms with Crippen LogP contribution in [0, 0.1) is 0 Å². The van der Waals surface area contributed by atoms with Gasteiger partial charge in [-0.15, -0.1) is 0 Å². The second-order valence-electron chi connectivity index (χ2n) is 7.07. The van der Waals surface area contributed by atoms with E-state index in [1.54, 1.807) is 0 Å². The summed E-state index contributed by atoms with van der Waals surface area (Å²) < 4.78 is 7.90. The predicted molar refractivity (Wildman–Crippen MR) is 106 cm³/mol. The van der Waals surface area contributed by atoms with Gasteiger partial charge in [-0.1, -0.05) is 45.0 Å². The number of ether oxygens (including phenoxy) is 1. The summed E-state index contributed by atoms with van der Waals surface area (Å²) in [7, 11) is 0. The molecule has 138 valence electrons. The lowest BCUT2D eigenvalue weighted by molar-refractivity contribution is 0.0927. The van der Waals surface area contributed by atoms with Crippen LogP contribution in [0.4, 0.5) is 0 Å². The molecule has 3 aromatic rings. The summed E-state index contributed by atoms with van der Waals surface area (Å²) in [6.45, 7) is 7.23. The largest absolute Gasteiger partial charge is 0.491 e. The Hall–Kier alpha value is -2.33. The number of hydrogen-bond donors (Lipinski definition) is 1. The normalized spacial score (nSPS) is 12.7. The maximum absolute atomic E-state index is 10.5.